The normalized spacial score (nSPS) is 26.7. The average molecular weight is 391 g/mol. The van der Waals surface area contributed by atoms with Gasteiger partial charge in [-0.25, -0.2) is 4.39 Å². The Morgan fingerprint density at radius 3 is 2.59 bits per heavy atom. The molecular formula is C25H27FN2O. The Balaban J connectivity index is 1.45. The van der Waals surface area contributed by atoms with Crippen molar-refractivity contribution in [2.45, 2.75) is 56.5 Å². The van der Waals surface area contributed by atoms with Crippen LogP contribution < -0.4 is 0 Å². The van der Waals surface area contributed by atoms with Crippen LogP contribution in [0.25, 0.3) is 0 Å². The third kappa shape index (κ3) is 3.51. The molecule has 2 fully saturated rings. The second-order valence-electron chi connectivity index (χ2n) is 8.77. The molecule has 29 heavy (non-hydrogen) atoms. The number of halogens is 1. The van der Waals surface area contributed by atoms with Crippen molar-refractivity contribution in [3.8, 4) is 0 Å². The van der Waals surface area contributed by atoms with Crippen molar-refractivity contribution in [1.29, 1.82) is 0 Å². The van der Waals surface area contributed by atoms with Gasteiger partial charge in [-0.2, -0.15) is 0 Å². The molecule has 2 aliphatic rings. The fourth-order valence-corrected chi connectivity index (χ4v) is 5.39. The van der Waals surface area contributed by atoms with Gasteiger partial charge in [-0.05, 0) is 62.4 Å². The van der Waals surface area contributed by atoms with Gasteiger partial charge in [0.25, 0.3) is 0 Å². The minimum atomic E-state index is -0.212. The maximum atomic E-state index is 13.2. The van der Waals surface area contributed by atoms with Crippen LogP contribution in [0.4, 0.5) is 4.39 Å². The van der Waals surface area contributed by atoms with E-state index in [4.69, 9.17) is 4.52 Å². The molecule has 0 saturated carbocycles. The molecule has 3 aromatic rings. The van der Waals surface area contributed by atoms with Crippen molar-refractivity contribution in [1.82, 2.24) is 10.1 Å². The van der Waals surface area contributed by atoms with Crippen LogP contribution in [0.15, 0.2) is 59.1 Å². The first-order valence-electron chi connectivity index (χ1n) is 10.6. The molecule has 2 aliphatic heterocycles. The van der Waals surface area contributed by atoms with E-state index in [0.717, 1.165) is 23.4 Å². The second-order valence-corrected chi connectivity index (χ2v) is 8.77. The highest BCUT2D eigenvalue weighted by molar-refractivity contribution is 5.32. The molecular weight excluding hydrogens is 363 g/mol. The molecule has 5 rings (SSSR count). The van der Waals surface area contributed by atoms with Gasteiger partial charge in [0, 0.05) is 30.5 Å². The first-order valence-corrected chi connectivity index (χ1v) is 10.6. The quantitative estimate of drug-likeness (QED) is 0.593. The van der Waals surface area contributed by atoms with E-state index in [1.165, 1.54) is 36.1 Å². The summed E-state index contributed by atoms with van der Waals surface area (Å²) < 4.78 is 19.1. The van der Waals surface area contributed by atoms with Crippen molar-refractivity contribution in [2.24, 2.45) is 0 Å². The minimum absolute atomic E-state index is 0.212. The number of nitrogens with zero attached hydrogens (tertiary/aromatic N) is 2. The van der Waals surface area contributed by atoms with E-state index in [1.807, 2.05) is 12.1 Å². The van der Waals surface area contributed by atoms with Gasteiger partial charge in [-0.3, -0.25) is 4.90 Å². The molecule has 1 aromatic heterocycles. The first-order chi connectivity index (χ1) is 14.1. The van der Waals surface area contributed by atoms with E-state index in [-0.39, 0.29) is 5.82 Å². The highest BCUT2D eigenvalue weighted by Gasteiger charge is 2.48. The number of hydrogen-bond donors (Lipinski definition) is 0. The summed E-state index contributed by atoms with van der Waals surface area (Å²) in [5.41, 5.74) is 4.66. The molecule has 0 radical (unpaired) electrons. The molecule has 150 valence electrons. The Morgan fingerprint density at radius 2 is 1.83 bits per heavy atom. The number of benzene rings is 2. The molecule has 3 nitrogen and oxygen atoms in total. The van der Waals surface area contributed by atoms with Crippen LogP contribution in [0.3, 0.4) is 0 Å². The van der Waals surface area contributed by atoms with Crippen LogP contribution in [0.5, 0.6) is 0 Å². The second kappa shape index (κ2) is 7.42. The summed E-state index contributed by atoms with van der Waals surface area (Å²) in [7, 11) is 2.26. The zero-order chi connectivity index (χ0) is 20.0. The Hall–Kier alpha value is -2.46. The van der Waals surface area contributed by atoms with Crippen LogP contribution in [0.1, 0.15) is 59.2 Å². The number of likely N-dealkylation sites (N-methyl/N-ethyl adjacent to an activating group) is 1. The topological polar surface area (TPSA) is 29.3 Å². The number of fused-ring (bicyclic) bond motifs is 2. The Labute approximate surface area is 171 Å². The number of aryl methyl sites for hydroxylation is 1. The largest absolute Gasteiger partial charge is 0.361 e. The molecule has 4 heteroatoms. The molecule has 0 aliphatic carbocycles. The average Bonchev–Trinajstić information content (AvgIpc) is 3.26. The number of piperidine rings is 1. The molecule has 0 spiro atoms. The summed E-state index contributed by atoms with van der Waals surface area (Å²) >= 11 is 0. The lowest BCUT2D eigenvalue weighted by atomic mass is 9.74. The minimum Gasteiger partial charge on any atom is -0.361 e. The highest BCUT2D eigenvalue weighted by atomic mass is 19.1. The number of rotatable bonds is 4. The predicted molar refractivity (Wildman–Crippen MR) is 112 cm³/mol. The fourth-order valence-electron chi connectivity index (χ4n) is 5.39. The van der Waals surface area contributed by atoms with Crippen molar-refractivity contribution in [2.75, 3.05) is 7.05 Å². The molecule has 2 unspecified atom stereocenters. The van der Waals surface area contributed by atoms with Crippen molar-refractivity contribution in [3.05, 3.63) is 88.6 Å². The lowest BCUT2D eigenvalue weighted by Crippen LogP contribution is -2.44. The molecule has 2 saturated heterocycles. The van der Waals surface area contributed by atoms with E-state index < -0.39 is 0 Å². The maximum absolute atomic E-state index is 13.2. The Morgan fingerprint density at radius 1 is 1.07 bits per heavy atom. The van der Waals surface area contributed by atoms with Gasteiger partial charge in [-0.15, -0.1) is 0 Å². The van der Waals surface area contributed by atoms with Gasteiger partial charge in [-0.1, -0.05) is 47.1 Å². The van der Waals surface area contributed by atoms with Gasteiger partial charge in [0.15, 0.2) is 0 Å². The van der Waals surface area contributed by atoms with Crippen LogP contribution in [-0.2, 0) is 6.42 Å². The van der Waals surface area contributed by atoms with Crippen LogP contribution in [-0.4, -0.2) is 29.2 Å². The summed E-state index contributed by atoms with van der Waals surface area (Å²) in [4.78, 5) is 2.55. The summed E-state index contributed by atoms with van der Waals surface area (Å²) in [5.74, 6) is 1.55. The summed E-state index contributed by atoms with van der Waals surface area (Å²) in [6, 6.07) is 18.9. The zero-order valence-electron chi connectivity index (χ0n) is 17.0. The van der Waals surface area contributed by atoms with Gasteiger partial charge in [0.1, 0.15) is 11.6 Å². The lowest BCUT2D eigenvalue weighted by molar-refractivity contribution is 0.122. The zero-order valence-corrected chi connectivity index (χ0v) is 17.0. The van der Waals surface area contributed by atoms with E-state index in [0.29, 0.717) is 30.3 Å². The van der Waals surface area contributed by atoms with Crippen LogP contribution in [0.2, 0.25) is 0 Å². The summed E-state index contributed by atoms with van der Waals surface area (Å²) in [6.07, 6.45) is 4.29. The Kier molecular flexibility index (Phi) is 4.75. The molecule has 0 N–H and O–H groups in total. The Bertz CT molecular complexity index is 979. The number of hydrogen-bond acceptors (Lipinski definition) is 3. The fraction of sp³-hybridized carbons (Fsp3) is 0.400. The molecule has 2 bridgehead atoms. The van der Waals surface area contributed by atoms with Gasteiger partial charge < -0.3 is 4.52 Å². The predicted octanol–water partition coefficient (Wildman–Crippen LogP) is 5.45. The van der Waals surface area contributed by atoms with Gasteiger partial charge in [0.05, 0.1) is 5.69 Å². The smallest absolute Gasteiger partial charge is 0.142 e. The van der Waals surface area contributed by atoms with Crippen molar-refractivity contribution < 1.29 is 8.91 Å². The third-order valence-corrected chi connectivity index (χ3v) is 6.98. The van der Waals surface area contributed by atoms with E-state index in [9.17, 15) is 4.39 Å². The maximum Gasteiger partial charge on any atom is 0.142 e. The molecule has 2 aromatic carbocycles. The molecule has 3 heterocycles. The monoisotopic (exact) mass is 390 g/mol. The highest BCUT2D eigenvalue weighted by Crippen LogP contribution is 2.51. The number of aromatic nitrogens is 1. The molecule has 4 atom stereocenters. The van der Waals surface area contributed by atoms with Crippen molar-refractivity contribution >= 4 is 0 Å². The van der Waals surface area contributed by atoms with E-state index in [1.54, 1.807) is 0 Å². The summed E-state index contributed by atoms with van der Waals surface area (Å²) in [6.45, 7) is 2.14. The first kappa shape index (κ1) is 18.6. The van der Waals surface area contributed by atoms with E-state index >= 15 is 0 Å². The van der Waals surface area contributed by atoms with E-state index in [2.05, 4.69) is 54.4 Å². The standard InChI is InChI=1S/C25H27FN2O/c1-16-3-7-18(8-4-16)22-15-21-11-12-23(28(21)2)25(22)24-14-20(27-29-24)13-17-5-9-19(26)10-6-17/h3-10,14,21-23,25H,11-13,15H2,1-2H3/t21?,22-,23?,25+/m1/s1. The molecule has 0 amide bonds. The van der Waals surface area contributed by atoms with Crippen molar-refractivity contribution in [3.63, 3.8) is 0 Å². The van der Waals surface area contributed by atoms with Gasteiger partial charge >= 0.3 is 0 Å². The van der Waals surface area contributed by atoms with Gasteiger partial charge in [0.2, 0.25) is 0 Å². The third-order valence-electron chi connectivity index (χ3n) is 6.98. The van der Waals surface area contributed by atoms with Crippen LogP contribution in [0, 0.1) is 12.7 Å². The van der Waals surface area contributed by atoms with Crippen LogP contribution >= 0.6 is 0 Å². The SMILES string of the molecule is Cc1ccc([C@H]2CC3CCC([C@H]2c2cc(Cc4ccc(F)cc4)no2)N3C)cc1. The summed E-state index contributed by atoms with van der Waals surface area (Å²) in [5, 5.41) is 4.37. The lowest BCUT2D eigenvalue weighted by Gasteiger charge is -2.42.